The Balaban J connectivity index is 2.55. The predicted octanol–water partition coefficient (Wildman–Crippen LogP) is 5.17. The Hall–Kier alpha value is -1.64. The summed E-state index contributed by atoms with van der Waals surface area (Å²) < 4.78 is 6.92. The van der Waals surface area contributed by atoms with Crippen molar-refractivity contribution in [2.24, 2.45) is 5.92 Å². The first-order chi connectivity index (χ1) is 11.8. The Kier molecular flexibility index (Phi) is 6.42. The third kappa shape index (κ3) is 4.50. The number of allylic oxidation sites excluding steroid dienone is 1. The molecule has 0 heterocycles. The minimum atomic E-state index is -2.39. The fourth-order valence-corrected chi connectivity index (χ4v) is 8.30. The molecule has 2 aromatic carbocycles. The van der Waals surface area contributed by atoms with E-state index >= 15 is 0 Å². The molecule has 0 saturated carbocycles. The molecule has 134 valence electrons. The Morgan fingerprint density at radius 1 is 0.920 bits per heavy atom. The van der Waals surface area contributed by atoms with Gasteiger partial charge in [0.15, 0.2) is 0 Å². The van der Waals surface area contributed by atoms with E-state index in [4.69, 9.17) is 4.43 Å². The lowest BCUT2D eigenvalue weighted by molar-refractivity contribution is 0.267. The minimum absolute atomic E-state index is 0.0421. The first-order valence-electron chi connectivity index (χ1n) is 9.17. The van der Waals surface area contributed by atoms with E-state index in [0.717, 1.165) is 6.61 Å². The molecule has 0 aromatic heterocycles. The Morgan fingerprint density at radius 3 is 1.72 bits per heavy atom. The molecule has 0 N–H and O–H groups in total. The van der Waals surface area contributed by atoms with Crippen LogP contribution in [0.15, 0.2) is 72.3 Å². The van der Waals surface area contributed by atoms with Crippen molar-refractivity contribution in [3.05, 3.63) is 72.3 Å². The highest BCUT2D eigenvalue weighted by atomic mass is 28.4. The standard InChI is InChI=1S/C23H32OSi/c1-19(2)17-20(3)18-24-25(23(4,5)6,21-13-9-7-10-14-21)22-15-11-8-12-16-22/h7-17,20H,18H2,1-6H3/t20-/m1/s1. The van der Waals surface area contributed by atoms with E-state index < -0.39 is 8.32 Å². The molecule has 1 atom stereocenters. The second-order valence-corrected chi connectivity index (χ2v) is 12.5. The SMILES string of the molecule is CC(C)=C[C@@H](C)CO[Si](c1ccccc1)(c1ccccc1)C(C)(C)C. The van der Waals surface area contributed by atoms with Gasteiger partial charge in [-0.25, -0.2) is 0 Å². The van der Waals surface area contributed by atoms with E-state index in [-0.39, 0.29) is 5.04 Å². The van der Waals surface area contributed by atoms with Crippen LogP contribution in [0.2, 0.25) is 5.04 Å². The second kappa shape index (κ2) is 8.16. The highest BCUT2D eigenvalue weighted by Gasteiger charge is 2.50. The maximum atomic E-state index is 6.92. The summed E-state index contributed by atoms with van der Waals surface area (Å²) in [4.78, 5) is 0. The van der Waals surface area contributed by atoms with Gasteiger partial charge in [-0.3, -0.25) is 0 Å². The average molecular weight is 353 g/mol. The Morgan fingerprint density at radius 2 is 1.36 bits per heavy atom. The number of rotatable bonds is 6. The molecule has 0 fully saturated rings. The fourth-order valence-electron chi connectivity index (χ4n) is 3.64. The van der Waals surface area contributed by atoms with Crippen LogP contribution in [0.3, 0.4) is 0 Å². The van der Waals surface area contributed by atoms with Crippen LogP contribution in [0, 0.1) is 5.92 Å². The Bertz CT molecular complexity index is 640. The molecule has 25 heavy (non-hydrogen) atoms. The topological polar surface area (TPSA) is 9.23 Å². The van der Waals surface area contributed by atoms with Crippen molar-refractivity contribution in [3.8, 4) is 0 Å². The summed E-state index contributed by atoms with van der Waals surface area (Å²) in [5.74, 6) is 0.409. The average Bonchev–Trinajstić information content (AvgIpc) is 2.55. The zero-order valence-electron chi connectivity index (χ0n) is 16.5. The summed E-state index contributed by atoms with van der Waals surface area (Å²) in [5, 5.41) is 2.73. The number of hydrogen-bond acceptors (Lipinski definition) is 1. The van der Waals surface area contributed by atoms with Crippen molar-refractivity contribution >= 4 is 18.7 Å². The zero-order chi connectivity index (χ0) is 18.5. The van der Waals surface area contributed by atoms with E-state index in [1.165, 1.54) is 15.9 Å². The minimum Gasteiger partial charge on any atom is -0.407 e. The van der Waals surface area contributed by atoms with E-state index in [1.54, 1.807) is 0 Å². The summed E-state index contributed by atoms with van der Waals surface area (Å²) in [6.45, 7) is 14.3. The molecule has 0 bridgehead atoms. The molecule has 0 spiro atoms. The van der Waals surface area contributed by atoms with Gasteiger partial charge in [0.2, 0.25) is 0 Å². The molecule has 0 unspecified atom stereocenters. The van der Waals surface area contributed by atoms with Gasteiger partial charge in [0, 0.05) is 6.61 Å². The van der Waals surface area contributed by atoms with Crippen molar-refractivity contribution in [1.82, 2.24) is 0 Å². The third-order valence-corrected chi connectivity index (χ3v) is 9.60. The van der Waals surface area contributed by atoms with Gasteiger partial charge in [0.05, 0.1) is 0 Å². The first-order valence-corrected chi connectivity index (χ1v) is 11.1. The van der Waals surface area contributed by atoms with Crippen LogP contribution >= 0.6 is 0 Å². The summed E-state index contributed by atoms with van der Waals surface area (Å²) in [7, 11) is -2.39. The predicted molar refractivity (Wildman–Crippen MR) is 112 cm³/mol. The van der Waals surface area contributed by atoms with Crippen LogP contribution in [-0.4, -0.2) is 14.9 Å². The molecule has 0 aliphatic heterocycles. The zero-order valence-corrected chi connectivity index (χ0v) is 17.5. The van der Waals surface area contributed by atoms with Crippen LogP contribution < -0.4 is 10.4 Å². The van der Waals surface area contributed by atoms with Gasteiger partial charge in [-0.05, 0) is 35.2 Å². The van der Waals surface area contributed by atoms with Gasteiger partial charge in [-0.15, -0.1) is 0 Å². The lowest BCUT2D eigenvalue weighted by atomic mass is 10.1. The molecule has 0 saturated heterocycles. The molecule has 0 amide bonds. The van der Waals surface area contributed by atoms with Gasteiger partial charge in [-0.1, -0.05) is 100 Å². The molecule has 0 aliphatic rings. The van der Waals surface area contributed by atoms with Gasteiger partial charge in [-0.2, -0.15) is 0 Å². The summed E-state index contributed by atoms with van der Waals surface area (Å²) >= 11 is 0. The van der Waals surface area contributed by atoms with Crippen molar-refractivity contribution in [2.45, 2.75) is 46.6 Å². The fraction of sp³-hybridized carbons (Fsp3) is 0.391. The smallest absolute Gasteiger partial charge is 0.261 e. The molecule has 1 nitrogen and oxygen atoms in total. The normalized spacial score (nSPS) is 13.4. The van der Waals surface area contributed by atoms with Crippen LogP contribution in [0.4, 0.5) is 0 Å². The Labute approximate surface area is 154 Å². The van der Waals surface area contributed by atoms with Crippen molar-refractivity contribution in [1.29, 1.82) is 0 Å². The molecular formula is C23H32OSi. The molecular weight excluding hydrogens is 320 g/mol. The lowest BCUT2D eigenvalue weighted by Crippen LogP contribution is -2.66. The highest BCUT2D eigenvalue weighted by molar-refractivity contribution is 6.99. The van der Waals surface area contributed by atoms with Crippen LogP contribution in [0.5, 0.6) is 0 Å². The summed E-state index contributed by atoms with van der Waals surface area (Å²) in [5.41, 5.74) is 1.35. The van der Waals surface area contributed by atoms with Crippen LogP contribution in [0.25, 0.3) is 0 Å². The summed E-state index contributed by atoms with van der Waals surface area (Å²) in [6.07, 6.45) is 2.30. The van der Waals surface area contributed by atoms with Gasteiger partial charge < -0.3 is 4.43 Å². The van der Waals surface area contributed by atoms with Crippen LogP contribution in [0.1, 0.15) is 41.5 Å². The molecule has 2 aromatic rings. The van der Waals surface area contributed by atoms with E-state index in [9.17, 15) is 0 Å². The van der Waals surface area contributed by atoms with E-state index in [2.05, 4.69) is 108 Å². The maximum absolute atomic E-state index is 6.92. The van der Waals surface area contributed by atoms with Gasteiger partial charge in [0.1, 0.15) is 0 Å². The summed E-state index contributed by atoms with van der Waals surface area (Å²) in [6, 6.07) is 21.7. The van der Waals surface area contributed by atoms with Crippen LogP contribution in [-0.2, 0) is 4.43 Å². The lowest BCUT2D eigenvalue weighted by Gasteiger charge is -2.43. The quantitative estimate of drug-likeness (QED) is 0.515. The largest absolute Gasteiger partial charge is 0.407 e. The number of benzene rings is 2. The molecule has 2 rings (SSSR count). The van der Waals surface area contributed by atoms with E-state index in [0.29, 0.717) is 5.92 Å². The monoisotopic (exact) mass is 352 g/mol. The van der Waals surface area contributed by atoms with Crippen molar-refractivity contribution in [3.63, 3.8) is 0 Å². The molecule has 2 heteroatoms. The maximum Gasteiger partial charge on any atom is 0.261 e. The van der Waals surface area contributed by atoms with Crippen molar-refractivity contribution < 1.29 is 4.43 Å². The number of hydrogen-bond donors (Lipinski definition) is 0. The second-order valence-electron chi connectivity index (χ2n) is 8.20. The van der Waals surface area contributed by atoms with Crippen molar-refractivity contribution in [2.75, 3.05) is 6.61 Å². The first kappa shape index (κ1) is 19.7. The van der Waals surface area contributed by atoms with Gasteiger partial charge >= 0.3 is 0 Å². The highest BCUT2D eigenvalue weighted by Crippen LogP contribution is 2.37. The molecule has 0 radical (unpaired) electrons. The third-order valence-electron chi connectivity index (χ3n) is 4.60. The van der Waals surface area contributed by atoms with E-state index in [1.807, 2.05) is 0 Å². The molecule has 0 aliphatic carbocycles. The van der Waals surface area contributed by atoms with Gasteiger partial charge in [0.25, 0.3) is 8.32 Å².